The van der Waals surface area contributed by atoms with Gasteiger partial charge < -0.3 is 5.32 Å². The summed E-state index contributed by atoms with van der Waals surface area (Å²) in [5.74, 6) is 0.920. The average molecular weight is 378 g/mol. The lowest BCUT2D eigenvalue weighted by atomic mass is 9.96. The summed E-state index contributed by atoms with van der Waals surface area (Å²) >= 11 is 0. The van der Waals surface area contributed by atoms with Gasteiger partial charge in [-0.15, -0.1) is 5.10 Å². The number of aryl methyl sites for hydroxylation is 2. The van der Waals surface area contributed by atoms with Crippen molar-refractivity contribution in [2.24, 2.45) is 5.92 Å². The van der Waals surface area contributed by atoms with E-state index in [1.54, 1.807) is 4.52 Å². The summed E-state index contributed by atoms with van der Waals surface area (Å²) in [6, 6.07) is 12.5. The maximum atomic E-state index is 12.5. The Labute approximate surface area is 164 Å². The van der Waals surface area contributed by atoms with Crippen LogP contribution in [0.15, 0.2) is 36.4 Å². The molecule has 1 aromatic carbocycles. The van der Waals surface area contributed by atoms with E-state index in [2.05, 4.69) is 55.6 Å². The molecule has 0 atom stereocenters. The minimum atomic E-state index is -0.228. The SMILES string of the molecule is Cc1cc(C)n2nc(C(=O)NCC3CCN(Cc4ccccc4)CC3)nc2n1. The van der Waals surface area contributed by atoms with Crippen LogP contribution >= 0.6 is 0 Å². The number of amides is 1. The molecule has 1 saturated heterocycles. The molecule has 0 aliphatic carbocycles. The fraction of sp³-hybridized carbons (Fsp3) is 0.429. The lowest BCUT2D eigenvalue weighted by Crippen LogP contribution is -2.38. The number of carbonyl (C=O) groups excluding carboxylic acids is 1. The molecule has 7 nitrogen and oxygen atoms in total. The Kier molecular flexibility index (Phi) is 5.34. The predicted octanol–water partition coefficient (Wildman–Crippen LogP) is 2.38. The van der Waals surface area contributed by atoms with E-state index >= 15 is 0 Å². The highest BCUT2D eigenvalue weighted by Crippen LogP contribution is 2.18. The van der Waals surface area contributed by atoms with Crippen molar-refractivity contribution < 1.29 is 4.79 Å². The van der Waals surface area contributed by atoms with E-state index in [1.807, 2.05) is 19.9 Å². The van der Waals surface area contributed by atoms with Crippen molar-refractivity contribution in [2.75, 3.05) is 19.6 Å². The fourth-order valence-corrected chi connectivity index (χ4v) is 3.77. The zero-order chi connectivity index (χ0) is 19.5. The van der Waals surface area contributed by atoms with Gasteiger partial charge in [0.05, 0.1) is 0 Å². The third-order valence-electron chi connectivity index (χ3n) is 5.33. The standard InChI is InChI=1S/C21H26N6O/c1-15-12-16(2)27-21(23-15)24-19(25-27)20(28)22-13-17-8-10-26(11-9-17)14-18-6-4-3-5-7-18/h3-7,12,17H,8-11,13-14H2,1-2H3,(H,22,28). The molecule has 1 amide bonds. The molecular weight excluding hydrogens is 352 g/mol. The molecule has 2 aromatic heterocycles. The molecule has 3 heterocycles. The molecule has 0 bridgehead atoms. The maximum absolute atomic E-state index is 12.5. The number of carbonyl (C=O) groups is 1. The van der Waals surface area contributed by atoms with Crippen LogP contribution in [0, 0.1) is 19.8 Å². The Bertz CT molecular complexity index is 960. The van der Waals surface area contributed by atoms with Crippen LogP contribution in [0.25, 0.3) is 5.78 Å². The number of hydrogen-bond donors (Lipinski definition) is 1. The number of piperidine rings is 1. The Hall–Kier alpha value is -2.80. The third kappa shape index (κ3) is 4.20. The van der Waals surface area contributed by atoms with Crippen molar-refractivity contribution >= 4 is 11.7 Å². The van der Waals surface area contributed by atoms with E-state index in [0.29, 0.717) is 18.2 Å². The van der Waals surface area contributed by atoms with Gasteiger partial charge in [0.1, 0.15) is 0 Å². The Balaban J connectivity index is 1.28. The highest BCUT2D eigenvalue weighted by atomic mass is 16.2. The van der Waals surface area contributed by atoms with Crippen molar-refractivity contribution in [3.05, 3.63) is 59.2 Å². The van der Waals surface area contributed by atoms with Crippen molar-refractivity contribution in [3.63, 3.8) is 0 Å². The molecule has 1 fully saturated rings. The molecule has 1 N–H and O–H groups in total. The Morgan fingerprint density at radius 3 is 2.64 bits per heavy atom. The number of nitrogens with zero attached hydrogens (tertiary/aromatic N) is 5. The van der Waals surface area contributed by atoms with Crippen LogP contribution in [0.1, 0.15) is 40.4 Å². The monoisotopic (exact) mass is 378 g/mol. The normalized spacial score (nSPS) is 15.8. The summed E-state index contributed by atoms with van der Waals surface area (Å²) < 4.78 is 1.62. The van der Waals surface area contributed by atoms with Crippen molar-refractivity contribution in [2.45, 2.75) is 33.2 Å². The average Bonchev–Trinajstić information content (AvgIpc) is 3.12. The molecule has 1 aliphatic rings. The summed E-state index contributed by atoms with van der Waals surface area (Å²) in [7, 11) is 0. The molecule has 4 rings (SSSR count). The van der Waals surface area contributed by atoms with Crippen LogP contribution < -0.4 is 5.32 Å². The van der Waals surface area contributed by atoms with Crippen LogP contribution in [-0.2, 0) is 6.54 Å². The van der Waals surface area contributed by atoms with Crippen molar-refractivity contribution in [1.29, 1.82) is 0 Å². The van der Waals surface area contributed by atoms with Gasteiger partial charge in [-0.2, -0.15) is 4.98 Å². The number of rotatable bonds is 5. The van der Waals surface area contributed by atoms with Crippen LogP contribution in [0.5, 0.6) is 0 Å². The largest absolute Gasteiger partial charge is 0.349 e. The van der Waals surface area contributed by atoms with Gasteiger partial charge in [-0.1, -0.05) is 30.3 Å². The van der Waals surface area contributed by atoms with Crippen LogP contribution in [0.4, 0.5) is 0 Å². The zero-order valence-electron chi connectivity index (χ0n) is 16.4. The second-order valence-corrected chi connectivity index (χ2v) is 7.60. The fourth-order valence-electron chi connectivity index (χ4n) is 3.77. The molecule has 3 aromatic rings. The molecule has 28 heavy (non-hydrogen) atoms. The maximum Gasteiger partial charge on any atom is 0.291 e. The summed E-state index contributed by atoms with van der Waals surface area (Å²) in [6.45, 7) is 7.62. The van der Waals surface area contributed by atoms with Gasteiger partial charge in [0, 0.05) is 24.5 Å². The first-order valence-corrected chi connectivity index (χ1v) is 9.84. The highest BCUT2D eigenvalue weighted by Gasteiger charge is 2.21. The minimum absolute atomic E-state index is 0.183. The predicted molar refractivity (Wildman–Crippen MR) is 107 cm³/mol. The van der Waals surface area contributed by atoms with E-state index < -0.39 is 0 Å². The Morgan fingerprint density at radius 1 is 1.14 bits per heavy atom. The summed E-state index contributed by atoms with van der Waals surface area (Å²) in [6.07, 6.45) is 2.18. The number of nitrogens with one attached hydrogen (secondary N) is 1. The number of aromatic nitrogens is 4. The smallest absolute Gasteiger partial charge is 0.291 e. The van der Waals surface area contributed by atoms with E-state index in [9.17, 15) is 4.79 Å². The van der Waals surface area contributed by atoms with Crippen molar-refractivity contribution in [3.8, 4) is 0 Å². The van der Waals surface area contributed by atoms with Gasteiger partial charge in [0.25, 0.3) is 11.7 Å². The molecular formula is C21H26N6O. The summed E-state index contributed by atoms with van der Waals surface area (Å²) in [5, 5.41) is 7.30. The zero-order valence-corrected chi connectivity index (χ0v) is 16.4. The van der Waals surface area contributed by atoms with Gasteiger partial charge in [-0.3, -0.25) is 9.69 Å². The summed E-state index contributed by atoms with van der Waals surface area (Å²) in [4.78, 5) is 23.6. The number of likely N-dealkylation sites (tertiary alicyclic amines) is 1. The minimum Gasteiger partial charge on any atom is -0.349 e. The number of hydrogen-bond acceptors (Lipinski definition) is 5. The van der Waals surface area contributed by atoms with Gasteiger partial charge in [0.15, 0.2) is 0 Å². The molecule has 0 spiro atoms. The topological polar surface area (TPSA) is 75.4 Å². The highest BCUT2D eigenvalue weighted by molar-refractivity contribution is 5.90. The van der Waals surface area contributed by atoms with E-state index in [-0.39, 0.29) is 11.7 Å². The van der Waals surface area contributed by atoms with Crippen LogP contribution in [0.2, 0.25) is 0 Å². The van der Waals surface area contributed by atoms with Gasteiger partial charge in [-0.25, -0.2) is 9.50 Å². The molecule has 0 saturated carbocycles. The first-order chi connectivity index (χ1) is 13.6. The number of fused-ring (bicyclic) bond motifs is 1. The lowest BCUT2D eigenvalue weighted by molar-refractivity contribution is 0.0925. The van der Waals surface area contributed by atoms with Gasteiger partial charge in [-0.05, 0) is 57.3 Å². The molecule has 1 aliphatic heterocycles. The van der Waals surface area contributed by atoms with Gasteiger partial charge in [0.2, 0.25) is 5.82 Å². The molecule has 146 valence electrons. The van der Waals surface area contributed by atoms with E-state index in [0.717, 1.165) is 43.9 Å². The molecule has 0 radical (unpaired) electrons. The summed E-state index contributed by atoms with van der Waals surface area (Å²) in [5.41, 5.74) is 3.14. The Morgan fingerprint density at radius 2 is 1.89 bits per heavy atom. The number of benzene rings is 1. The second kappa shape index (κ2) is 8.06. The first-order valence-electron chi connectivity index (χ1n) is 9.84. The van der Waals surface area contributed by atoms with Gasteiger partial charge >= 0.3 is 0 Å². The van der Waals surface area contributed by atoms with E-state index in [1.165, 1.54) is 5.56 Å². The molecule has 7 heteroatoms. The van der Waals surface area contributed by atoms with E-state index in [4.69, 9.17) is 0 Å². The quantitative estimate of drug-likeness (QED) is 0.738. The van der Waals surface area contributed by atoms with Crippen LogP contribution in [0.3, 0.4) is 0 Å². The second-order valence-electron chi connectivity index (χ2n) is 7.60. The first kappa shape index (κ1) is 18.6. The van der Waals surface area contributed by atoms with Crippen LogP contribution in [-0.4, -0.2) is 50.0 Å². The third-order valence-corrected chi connectivity index (χ3v) is 5.33. The molecule has 0 unspecified atom stereocenters. The van der Waals surface area contributed by atoms with Crippen molar-refractivity contribution in [1.82, 2.24) is 29.8 Å². The lowest BCUT2D eigenvalue weighted by Gasteiger charge is -2.32.